The molecule has 0 saturated heterocycles. The summed E-state index contributed by atoms with van der Waals surface area (Å²) in [4.78, 5) is 10.6. The van der Waals surface area contributed by atoms with Gasteiger partial charge >= 0.3 is 0 Å². The summed E-state index contributed by atoms with van der Waals surface area (Å²) < 4.78 is 0. The van der Waals surface area contributed by atoms with E-state index in [1.165, 1.54) is 70.6 Å². The molecule has 20 heavy (non-hydrogen) atoms. The molecule has 0 spiro atoms. The summed E-state index contributed by atoms with van der Waals surface area (Å²) in [6, 6.07) is 0. The third kappa shape index (κ3) is 17.6. The highest BCUT2D eigenvalue weighted by Gasteiger charge is 1.95. The van der Waals surface area contributed by atoms with E-state index in [9.17, 15) is 4.79 Å². The average molecular weight is 298 g/mol. The van der Waals surface area contributed by atoms with E-state index in [0.29, 0.717) is 6.42 Å². The first-order valence-electron chi connectivity index (χ1n) is 8.62. The van der Waals surface area contributed by atoms with Gasteiger partial charge in [0.25, 0.3) is 0 Å². The maximum Gasteiger partial charge on any atom is 0.218 e. The zero-order valence-electron chi connectivity index (χ0n) is 13.4. The van der Waals surface area contributed by atoms with Crippen LogP contribution in [0.2, 0.25) is 0 Å². The fourth-order valence-corrected chi connectivity index (χ4v) is 2.48. The summed E-state index contributed by atoms with van der Waals surface area (Å²) in [7, 11) is 0. The number of hydrogen-bond acceptors (Lipinski definition) is 1. The van der Waals surface area contributed by atoms with Gasteiger partial charge in [-0.2, -0.15) is 0 Å². The van der Waals surface area contributed by atoms with Crippen molar-refractivity contribution < 1.29 is 4.79 Å². The minimum atomic E-state index is -0.0809. The topological polar surface area (TPSA) is 17.1 Å². The van der Waals surface area contributed by atoms with Gasteiger partial charge in [-0.1, -0.05) is 70.4 Å². The Morgan fingerprint density at radius 1 is 0.750 bits per heavy atom. The van der Waals surface area contributed by atoms with E-state index in [0.717, 1.165) is 12.8 Å². The van der Waals surface area contributed by atoms with Crippen molar-refractivity contribution in [3.8, 4) is 0 Å². The summed E-state index contributed by atoms with van der Waals surface area (Å²) in [6.45, 7) is 2.27. The van der Waals surface area contributed by atoms with Gasteiger partial charge in [0.15, 0.2) is 0 Å². The molecule has 0 saturated carbocycles. The van der Waals surface area contributed by atoms with Gasteiger partial charge in [0.05, 0.1) is 0 Å². The molecule has 0 unspecified atom stereocenters. The Labute approximate surface area is 132 Å². The molecule has 0 aromatic carbocycles. The van der Waals surface area contributed by atoms with Crippen LogP contribution in [0.15, 0.2) is 12.2 Å². The molecule has 1 nitrogen and oxygen atoms in total. The first-order valence-corrected chi connectivity index (χ1v) is 9.03. The highest BCUT2D eigenvalue weighted by molar-refractivity contribution is 7.96. The second-order valence-corrected chi connectivity index (χ2v) is 6.16. The lowest BCUT2D eigenvalue weighted by Crippen LogP contribution is -1.86. The van der Waals surface area contributed by atoms with Crippen molar-refractivity contribution in [2.75, 3.05) is 0 Å². The van der Waals surface area contributed by atoms with Gasteiger partial charge in [-0.25, -0.2) is 0 Å². The van der Waals surface area contributed by atoms with Crippen molar-refractivity contribution >= 4 is 17.7 Å². The van der Waals surface area contributed by atoms with Crippen molar-refractivity contribution in [1.82, 2.24) is 0 Å². The summed E-state index contributed by atoms with van der Waals surface area (Å²) in [5.74, 6) is 0. The second-order valence-electron chi connectivity index (χ2n) is 5.71. The summed E-state index contributed by atoms with van der Waals surface area (Å²) in [5, 5.41) is -0.0809. The zero-order valence-corrected chi connectivity index (χ0v) is 14.2. The highest BCUT2D eigenvalue weighted by Crippen LogP contribution is 2.10. The van der Waals surface area contributed by atoms with E-state index in [-0.39, 0.29) is 5.12 Å². The SMILES string of the molecule is CCCCCCCC/C=C\CCCCCCCC(=O)[S]. The Morgan fingerprint density at radius 2 is 1.20 bits per heavy atom. The fourth-order valence-electron chi connectivity index (χ4n) is 2.34. The molecule has 0 amide bonds. The fraction of sp³-hybridized carbons (Fsp3) is 0.833. The molecule has 2 heteroatoms. The summed E-state index contributed by atoms with van der Waals surface area (Å²) >= 11 is 4.53. The molecule has 0 heterocycles. The predicted octanol–water partition coefficient (Wildman–Crippen LogP) is 6.75. The molecule has 0 aromatic rings. The Bertz CT molecular complexity index is 236. The largest absolute Gasteiger partial charge is 0.282 e. The van der Waals surface area contributed by atoms with Gasteiger partial charge in [-0.15, -0.1) is 0 Å². The van der Waals surface area contributed by atoms with E-state index in [2.05, 4.69) is 31.7 Å². The van der Waals surface area contributed by atoms with Crippen LogP contribution in [0.1, 0.15) is 96.8 Å². The molecule has 0 fully saturated rings. The number of unbranched alkanes of at least 4 members (excludes halogenated alkanes) is 11. The molecule has 0 rings (SSSR count). The lowest BCUT2D eigenvalue weighted by atomic mass is 10.1. The number of carbonyl (C=O) groups is 1. The number of rotatable bonds is 15. The van der Waals surface area contributed by atoms with Gasteiger partial charge < -0.3 is 0 Å². The summed E-state index contributed by atoms with van der Waals surface area (Å²) in [6.07, 6.45) is 22.0. The molecule has 0 aliphatic heterocycles. The molecular weight excluding hydrogens is 264 g/mol. The first-order chi connectivity index (χ1) is 9.77. The zero-order chi connectivity index (χ0) is 14.9. The van der Waals surface area contributed by atoms with E-state index >= 15 is 0 Å². The molecule has 0 atom stereocenters. The monoisotopic (exact) mass is 297 g/mol. The maximum atomic E-state index is 10.6. The van der Waals surface area contributed by atoms with E-state index in [1.54, 1.807) is 0 Å². The normalized spacial score (nSPS) is 11.2. The Hall–Kier alpha value is -0.370. The molecule has 1 radical (unpaired) electrons. The number of carbonyl (C=O) groups excluding carboxylic acids is 1. The summed E-state index contributed by atoms with van der Waals surface area (Å²) in [5.41, 5.74) is 0. The first kappa shape index (κ1) is 19.6. The minimum absolute atomic E-state index is 0.0809. The van der Waals surface area contributed by atoms with E-state index < -0.39 is 0 Å². The van der Waals surface area contributed by atoms with Crippen LogP contribution in [0, 0.1) is 0 Å². The quantitative estimate of drug-likeness (QED) is 0.241. The van der Waals surface area contributed by atoms with Gasteiger partial charge in [0, 0.05) is 6.42 Å². The van der Waals surface area contributed by atoms with E-state index in [1.807, 2.05) is 0 Å². The molecule has 0 aromatic heterocycles. The van der Waals surface area contributed by atoms with Crippen molar-refractivity contribution in [3.63, 3.8) is 0 Å². The maximum absolute atomic E-state index is 10.6. The van der Waals surface area contributed by atoms with Crippen molar-refractivity contribution in [2.24, 2.45) is 0 Å². The van der Waals surface area contributed by atoms with Crippen LogP contribution in [0.3, 0.4) is 0 Å². The van der Waals surface area contributed by atoms with Crippen molar-refractivity contribution in [3.05, 3.63) is 12.2 Å². The average Bonchev–Trinajstić information content (AvgIpc) is 2.43. The third-order valence-electron chi connectivity index (χ3n) is 3.64. The highest BCUT2D eigenvalue weighted by atomic mass is 32.1. The smallest absolute Gasteiger partial charge is 0.218 e. The predicted molar refractivity (Wildman–Crippen MR) is 92.1 cm³/mol. The molecular formula is C18H33OS. The van der Waals surface area contributed by atoms with Gasteiger partial charge in [-0.3, -0.25) is 4.79 Å². The van der Waals surface area contributed by atoms with Crippen LogP contribution in [0.4, 0.5) is 0 Å². The van der Waals surface area contributed by atoms with Crippen LogP contribution in [0.25, 0.3) is 0 Å². The third-order valence-corrected chi connectivity index (χ3v) is 3.85. The molecule has 0 bridgehead atoms. The van der Waals surface area contributed by atoms with Crippen LogP contribution < -0.4 is 0 Å². The van der Waals surface area contributed by atoms with Crippen LogP contribution in [-0.4, -0.2) is 5.12 Å². The molecule has 117 valence electrons. The van der Waals surface area contributed by atoms with Gasteiger partial charge in [-0.05, 0) is 44.7 Å². The lowest BCUT2D eigenvalue weighted by molar-refractivity contribution is -0.110. The number of allylic oxidation sites excluding steroid dienone is 2. The minimum Gasteiger partial charge on any atom is -0.282 e. The van der Waals surface area contributed by atoms with E-state index in [4.69, 9.17) is 0 Å². The molecule has 0 N–H and O–H groups in total. The standard InChI is InChI=1S/C18H33OS/c1-2-3-4-5-6-7-8-9-10-11-12-13-14-15-16-17-18(19)20/h9-10H,2-8,11-17H2,1H3/b10-9-. The van der Waals surface area contributed by atoms with Crippen LogP contribution in [-0.2, 0) is 4.79 Å². The lowest BCUT2D eigenvalue weighted by Gasteiger charge is -1.99. The Balaban J connectivity index is 3.07. The van der Waals surface area contributed by atoms with Gasteiger partial charge in [0.1, 0.15) is 0 Å². The van der Waals surface area contributed by atoms with Crippen LogP contribution >= 0.6 is 12.6 Å². The molecule has 0 aliphatic carbocycles. The van der Waals surface area contributed by atoms with Crippen molar-refractivity contribution in [2.45, 2.75) is 96.8 Å². The van der Waals surface area contributed by atoms with Crippen LogP contribution in [0.5, 0.6) is 0 Å². The number of hydrogen-bond donors (Lipinski definition) is 0. The molecule has 0 aliphatic rings. The second kappa shape index (κ2) is 16.7. The van der Waals surface area contributed by atoms with Crippen molar-refractivity contribution in [1.29, 1.82) is 0 Å². The van der Waals surface area contributed by atoms with Gasteiger partial charge in [0.2, 0.25) is 5.12 Å². The Kier molecular flexibility index (Phi) is 16.4. The Morgan fingerprint density at radius 3 is 1.70 bits per heavy atom.